The van der Waals surface area contributed by atoms with Crippen molar-refractivity contribution in [2.24, 2.45) is 0 Å². The zero-order chi connectivity index (χ0) is 11.8. The molecule has 16 heavy (non-hydrogen) atoms. The highest BCUT2D eigenvalue weighted by Gasteiger charge is 2.28. The van der Waals surface area contributed by atoms with E-state index in [1.807, 2.05) is 0 Å². The molecule has 0 aliphatic heterocycles. The highest BCUT2D eigenvalue weighted by Crippen LogP contribution is 2.23. The fourth-order valence-electron chi connectivity index (χ4n) is 1.62. The van der Waals surface area contributed by atoms with E-state index in [1.54, 1.807) is 24.3 Å². The Bertz CT molecular complexity index is 558. The summed E-state index contributed by atoms with van der Waals surface area (Å²) in [5, 5.41) is 0.722. The lowest BCUT2D eigenvalue weighted by Gasteiger charge is -2.08. The second kappa shape index (κ2) is 3.60. The number of nitrogens with zero attached hydrogens (tertiary/aromatic N) is 1. The van der Waals surface area contributed by atoms with Crippen LogP contribution in [0.15, 0.2) is 30.5 Å². The van der Waals surface area contributed by atoms with Crippen molar-refractivity contribution in [2.45, 2.75) is 12.7 Å². The summed E-state index contributed by atoms with van der Waals surface area (Å²) in [6.45, 7) is -0.980. The van der Waals surface area contributed by atoms with Gasteiger partial charge in [0.15, 0.2) is 0 Å². The minimum Gasteiger partial charge on any atom is -0.338 e. The van der Waals surface area contributed by atoms with Gasteiger partial charge in [-0.05, 0) is 24.3 Å². The van der Waals surface area contributed by atoms with Crippen LogP contribution in [-0.2, 0) is 6.54 Å². The second-order valence-corrected chi connectivity index (χ2v) is 3.48. The van der Waals surface area contributed by atoms with Gasteiger partial charge in [0.25, 0.3) is 0 Å². The number of terminal acetylenes is 1. The van der Waals surface area contributed by atoms with Gasteiger partial charge in [0, 0.05) is 22.7 Å². The largest absolute Gasteiger partial charge is 0.406 e. The lowest BCUT2D eigenvalue weighted by Crippen LogP contribution is -2.16. The van der Waals surface area contributed by atoms with Crippen molar-refractivity contribution in [1.82, 2.24) is 4.57 Å². The first-order chi connectivity index (χ1) is 7.49. The first-order valence-corrected chi connectivity index (χ1v) is 4.62. The van der Waals surface area contributed by atoms with E-state index in [0.717, 1.165) is 9.95 Å². The van der Waals surface area contributed by atoms with Crippen LogP contribution < -0.4 is 0 Å². The number of fused-ring (bicyclic) bond motifs is 1. The van der Waals surface area contributed by atoms with Crippen molar-refractivity contribution in [3.63, 3.8) is 0 Å². The van der Waals surface area contributed by atoms with E-state index in [2.05, 4.69) is 5.92 Å². The van der Waals surface area contributed by atoms with Crippen LogP contribution in [0.1, 0.15) is 5.56 Å². The number of aromatic nitrogens is 1. The van der Waals surface area contributed by atoms with Gasteiger partial charge < -0.3 is 4.57 Å². The predicted octanol–water partition coefficient (Wildman–Crippen LogP) is 3.18. The third-order valence-corrected chi connectivity index (χ3v) is 2.29. The van der Waals surface area contributed by atoms with Crippen molar-refractivity contribution >= 4 is 10.9 Å². The summed E-state index contributed by atoms with van der Waals surface area (Å²) in [4.78, 5) is 0. The van der Waals surface area contributed by atoms with E-state index in [1.165, 1.54) is 6.20 Å². The summed E-state index contributed by atoms with van der Waals surface area (Å²) >= 11 is 0. The van der Waals surface area contributed by atoms with Gasteiger partial charge >= 0.3 is 6.18 Å². The van der Waals surface area contributed by atoms with Crippen molar-refractivity contribution in [2.75, 3.05) is 0 Å². The van der Waals surface area contributed by atoms with Crippen LogP contribution in [0.4, 0.5) is 13.2 Å². The highest BCUT2D eigenvalue weighted by molar-refractivity contribution is 5.81. The molecule has 0 saturated heterocycles. The van der Waals surface area contributed by atoms with E-state index >= 15 is 0 Å². The summed E-state index contributed by atoms with van der Waals surface area (Å²) in [6, 6.07) is 6.57. The maximum absolute atomic E-state index is 12.2. The molecule has 0 fully saturated rings. The Labute approximate surface area is 90.5 Å². The number of rotatable bonds is 1. The molecule has 0 N–H and O–H groups in total. The van der Waals surface area contributed by atoms with E-state index in [0.29, 0.717) is 11.1 Å². The molecule has 0 saturated carbocycles. The Kier molecular flexibility index (Phi) is 2.39. The molecule has 2 aromatic rings. The normalized spacial score (nSPS) is 11.6. The molecule has 0 unspecified atom stereocenters. The van der Waals surface area contributed by atoms with Gasteiger partial charge in [0.2, 0.25) is 0 Å². The van der Waals surface area contributed by atoms with Crippen LogP contribution in [0, 0.1) is 12.3 Å². The van der Waals surface area contributed by atoms with Crippen molar-refractivity contribution < 1.29 is 13.2 Å². The molecule has 1 nitrogen and oxygen atoms in total. The van der Waals surface area contributed by atoms with Gasteiger partial charge in [-0.3, -0.25) is 0 Å². The lowest BCUT2D eigenvalue weighted by molar-refractivity contribution is -0.139. The molecule has 1 aromatic heterocycles. The smallest absolute Gasteiger partial charge is 0.338 e. The van der Waals surface area contributed by atoms with Gasteiger partial charge in [0.05, 0.1) is 0 Å². The van der Waals surface area contributed by atoms with Crippen LogP contribution >= 0.6 is 0 Å². The van der Waals surface area contributed by atoms with E-state index in [-0.39, 0.29) is 0 Å². The fraction of sp³-hybridized carbons (Fsp3) is 0.167. The second-order valence-electron chi connectivity index (χ2n) is 3.48. The molecule has 0 bridgehead atoms. The van der Waals surface area contributed by atoms with Crippen LogP contribution in [-0.4, -0.2) is 10.7 Å². The maximum atomic E-state index is 12.2. The van der Waals surface area contributed by atoms with E-state index < -0.39 is 12.7 Å². The minimum absolute atomic E-state index is 0.538. The number of benzene rings is 1. The monoisotopic (exact) mass is 223 g/mol. The van der Waals surface area contributed by atoms with Gasteiger partial charge in [0.1, 0.15) is 6.54 Å². The van der Waals surface area contributed by atoms with E-state index in [4.69, 9.17) is 6.42 Å². The number of hydrogen-bond donors (Lipinski definition) is 0. The summed E-state index contributed by atoms with van der Waals surface area (Å²) in [6.07, 6.45) is 2.42. The topological polar surface area (TPSA) is 4.93 Å². The van der Waals surface area contributed by atoms with Crippen molar-refractivity contribution in [3.05, 3.63) is 36.0 Å². The molecule has 0 amide bonds. The Hall–Kier alpha value is -1.89. The summed E-state index contributed by atoms with van der Waals surface area (Å²) in [5.74, 6) is 2.45. The van der Waals surface area contributed by atoms with Gasteiger partial charge in [-0.2, -0.15) is 13.2 Å². The molecule has 4 heteroatoms. The Morgan fingerprint density at radius 3 is 2.62 bits per heavy atom. The molecule has 0 aliphatic rings. The standard InChI is InChI=1S/C12H8F3N/c1-2-9-3-4-11-10(7-9)5-6-16(11)8-12(13,14)15/h1,3-7H,8H2. The summed E-state index contributed by atoms with van der Waals surface area (Å²) in [7, 11) is 0. The zero-order valence-electron chi connectivity index (χ0n) is 8.25. The minimum atomic E-state index is -4.21. The average Bonchev–Trinajstić information content (AvgIpc) is 2.58. The van der Waals surface area contributed by atoms with Crippen LogP contribution in [0.2, 0.25) is 0 Å². The average molecular weight is 223 g/mol. The Balaban J connectivity index is 2.47. The molecule has 82 valence electrons. The Morgan fingerprint density at radius 1 is 1.25 bits per heavy atom. The van der Waals surface area contributed by atoms with Crippen LogP contribution in [0.25, 0.3) is 10.9 Å². The maximum Gasteiger partial charge on any atom is 0.406 e. The van der Waals surface area contributed by atoms with Crippen molar-refractivity contribution in [1.29, 1.82) is 0 Å². The SMILES string of the molecule is C#Cc1ccc2c(ccn2CC(F)(F)F)c1. The van der Waals surface area contributed by atoms with Crippen LogP contribution in [0.3, 0.4) is 0 Å². The predicted molar refractivity (Wildman–Crippen MR) is 55.9 cm³/mol. The molecule has 1 heterocycles. The third-order valence-electron chi connectivity index (χ3n) is 2.29. The number of hydrogen-bond acceptors (Lipinski definition) is 0. The quantitative estimate of drug-likeness (QED) is 0.654. The van der Waals surface area contributed by atoms with E-state index in [9.17, 15) is 13.2 Å². The first-order valence-electron chi connectivity index (χ1n) is 4.62. The number of halogens is 3. The fourth-order valence-corrected chi connectivity index (χ4v) is 1.62. The first kappa shape index (κ1) is 10.6. The van der Waals surface area contributed by atoms with Crippen LogP contribution in [0.5, 0.6) is 0 Å². The molecular weight excluding hydrogens is 215 g/mol. The molecule has 2 rings (SSSR count). The summed E-state index contributed by atoms with van der Waals surface area (Å²) < 4.78 is 37.9. The number of alkyl halides is 3. The molecule has 0 aliphatic carbocycles. The highest BCUT2D eigenvalue weighted by atomic mass is 19.4. The Morgan fingerprint density at radius 2 is 2.00 bits per heavy atom. The lowest BCUT2D eigenvalue weighted by atomic mass is 10.2. The third kappa shape index (κ3) is 2.03. The molecular formula is C12H8F3N. The van der Waals surface area contributed by atoms with Crippen molar-refractivity contribution in [3.8, 4) is 12.3 Å². The summed E-state index contributed by atoms with van der Waals surface area (Å²) in [5.41, 5.74) is 1.20. The van der Waals surface area contributed by atoms with Gasteiger partial charge in [-0.25, -0.2) is 0 Å². The van der Waals surface area contributed by atoms with Gasteiger partial charge in [-0.15, -0.1) is 6.42 Å². The zero-order valence-corrected chi connectivity index (χ0v) is 8.25. The molecule has 0 radical (unpaired) electrons. The molecule has 0 atom stereocenters. The molecule has 1 aromatic carbocycles. The van der Waals surface area contributed by atoms with Gasteiger partial charge in [-0.1, -0.05) is 5.92 Å². The molecule has 0 spiro atoms.